The molecule has 0 saturated carbocycles. The van der Waals surface area contributed by atoms with Gasteiger partial charge in [0.15, 0.2) is 0 Å². The molecule has 0 aliphatic rings. The van der Waals surface area contributed by atoms with Gasteiger partial charge in [-0.1, -0.05) is 32.0 Å². The predicted molar refractivity (Wildman–Crippen MR) is 70.8 cm³/mol. The average molecular weight is 330 g/mol. The summed E-state index contributed by atoms with van der Waals surface area (Å²) in [6.07, 6.45) is 0. The van der Waals surface area contributed by atoms with Crippen LogP contribution in [0.3, 0.4) is 0 Å². The number of H-pyrrole nitrogens is 1. The summed E-state index contributed by atoms with van der Waals surface area (Å²) in [5, 5.41) is 7.13. The SMILES string of the molecule is CC(C)c1[nH]nc(I)c1-c1ccccc1F. The lowest BCUT2D eigenvalue weighted by molar-refractivity contribution is 0.631. The van der Waals surface area contributed by atoms with E-state index in [-0.39, 0.29) is 5.82 Å². The Hall–Kier alpha value is -0.910. The maximum Gasteiger partial charge on any atom is 0.131 e. The van der Waals surface area contributed by atoms with E-state index in [1.165, 1.54) is 6.07 Å². The summed E-state index contributed by atoms with van der Waals surface area (Å²) in [7, 11) is 0. The summed E-state index contributed by atoms with van der Waals surface area (Å²) >= 11 is 2.13. The van der Waals surface area contributed by atoms with Crippen LogP contribution in [0.4, 0.5) is 4.39 Å². The number of benzene rings is 1. The number of hydrogen-bond acceptors (Lipinski definition) is 1. The van der Waals surface area contributed by atoms with Gasteiger partial charge in [0.05, 0.1) is 0 Å². The van der Waals surface area contributed by atoms with E-state index >= 15 is 0 Å². The first-order valence-corrected chi connectivity index (χ1v) is 6.17. The zero-order valence-corrected chi connectivity index (χ0v) is 11.2. The molecular formula is C12H12FIN2. The first-order valence-electron chi connectivity index (χ1n) is 5.10. The third-order valence-corrected chi connectivity index (χ3v) is 3.25. The van der Waals surface area contributed by atoms with Crippen molar-refractivity contribution in [3.8, 4) is 11.1 Å². The van der Waals surface area contributed by atoms with Crippen molar-refractivity contribution in [1.82, 2.24) is 10.2 Å². The van der Waals surface area contributed by atoms with Crippen molar-refractivity contribution >= 4 is 22.6 Å². The highest BCUT2D eigenvalue weighted by Gasteiger charge is 2.18. The molecule has 0 atom stereocenters. The fourth-order valence-electron chi connectivity index (χ4n) is 1.67. The number of nitrogens with zero attached hydrogens (tertiary/aromatic N) is 1. The molecule has 0 fully saturated rings. The predicted octanol–water partition coefficient (Wildman–Crippen LogP) is 3.94. The Bertz CT molecular complexity index is 505. The summed E-state index contributed by atoms with van der Waals surface area (Å²) < 4.78 is 14.5. The van der Waals surface area contributed by atoms with Gasteiger partial charge in [0.1, 0.15) is 9.52 Å². The minimum absolute atomic E-state index is 0.205. The van der Waals surface area contributed by atoms with Crippen LogP contribution in [0.1, 0.15) is 25.5 Å². The van der Waals surface area contributed by atoms with Gasteiger partial charge in [-0.05, 0) is 34.6 Å². The Morgan fingerprint density at radius 3 is 2.62 bits per heavy atom. The quantitative estimate of drug-likeness (QED) is 0.830. The fourth-order valence-corrected chi connectivity index (χ4v) is 2.37. The second-order valence-corrected chi connectivity index (χ2v) is 4.96. The van der Waals surface area contributed by atoms with E-state index in [0.717, 1.165) is 15.0 Å². The molecule has 1 heterocycles. The van der Waals surface area contributed by atoms with E-state index in [9.17, 15) is 4.39 Å². The highest BCUT2D eigenvalue weighted by molar-refractivity contribution is 14.1. The first-order chi connectivity index (χ1) is 7.61. The van der Waals surface area contributed by atoms with E-state index in [1.807, 2.05) is 6.07 Å². The second-order valence-electron chi connectivity index (χ2n) is 3.94. The molecule has 4 heteroatoms. The lowest BCUT2D eigenvalue weighted by atomic mass is 10.00. The molecule has 0 unspecified atom stereocenters. The van der Waals surface area contributed by atoms with Crippen LogP contribution < -0.4 is 0 Å². The molecule has 0 spiro atoms. The number of hydrogen-bond donors (Lipinski definition) is 1. The number of nitrogens with one attached hydrogen (secondary N) is 1. The van der Waals surface area contributed by atoms with Crippen LogP contribution in [0.25, 0.3) is 11.1 Å². The Balaban J connectivity index is 2.64. The molecule has 0 amide bonds. The van der Waals surface area contributed by atoms with E-state index < -0.39 is 0 Å². The largest absolute Gasteiger partial charge is 0.281 e. The van der Waals surface area contributed by atoms with Crippen molar-refractivity contribution in [2.75, 3.05) is 0 Å². The Morgan fingerprint density at radius 2 is 2.00 bits per heavy atom. The van der Waals surface area contributed by atoms with Gasteiger partial charge in [0, 0.05) is 16.8 Å². The van der Waals surface area contributed by atoms with Crippen LogP contribution >= 0.6 is 22.6 Å². The molecule has 16 heavy (non-hydrogen) atoms. The highest BCUT2D eigenvalue weighted by atomic mass is 127. The van der Waals surface area contributed by atoms with Crippen LogP contribution in [0.5, 0.6) is 0 Å². The van der Waals surface area contributed by atoms with Crippen LogP contribution in [0.2, 0.25) is 0 Å². The summed E-state index contributed by atoms with van der Waals surface area (Å²) in [5.74, 6) is 0.0920. The average Bonchev–Trinajstić information content (AvgIpc) is 2.61. The summed E-state index contributed by atoms with van der Waals surface area (Å²) in [6.45, 7) is 4.13. The number of rotatable bonds is 2. The molecule has 2 aromatic rings. The number of aromatic amines is 1. The molecule has 1 aromatic carbocycles. The van der Waals surface area contributed by atoms with Crippen LogP contribution in [-0.4, -0.2) is 10.2 Å². The van der Waals surface area contributed by atoms with Gasteiger partial charge < -0.3 is 0 Å². The van der Waals surface area contributed by atoms with Crippen molar-refractivity contribution in [2.24, 2.45) is 0 Å². The third kappa shape index (κ3) is 1.98. The van der Waals surface area contributed by atoms with Crippen molar-refractivity contribution in [2.45, 2.75) is 19.8 Å². The second kappa shape index (κ2) is 4.53. The van der Waals surface area contributed by atoms with Crippen LogP contribution in [0.15, 0.2) is 24.3 Å². The van der Waals surface area contributed by atoms with Gasteiger partial charge in [-0.2, -0.15) is 5.10 Å². The van der Waals surface area contributed by atoms with Gasteiger partial charge in [-0.15, -0.1) is 0 Å². The molecule has 0 aliphatic heterocycles. The monoisotopic (exact) mass is 330 g/mol. The molecule has 0 aliphatic carbocycles. The summed E-state index contributed by atoms with van der Waals surface area (Å²) in [5.41, 5.74) is 2.48. The van der Waals surface area contributed by atoms with Crippen molar-refractivity contribution in [1.29, 1.82) is 0 Å². The topological polar surface area (TPSA) is 28.7 Å². The van der Waals surface area contributed by atoms with E-state index in [0.29, 0.717) is 11.5 Å². The molecule has 84 valence electrons. The fraction of sp³-hybridized carbons (Fsp3) is 0.250. The lowest BCUT2D eigenvalue weighted by Crippen LogP contribution is -1.93. The highest BCUT2D eigenvalue weighted by Crippen LogP contribution is 2.32. The molecule has 0 bridgehead atoms. The minimum Gasteiger partial charge on any atom is -0.281 e. The van der Waals surface area contributed by atoms with Gasteiger partial charge >= 0.3 is 0 Å². The van der Waals surface area contributed by atoms with Crippen molar-refractivity contribution in [3.05, 3.63) is 39.5 Å². The number of halogens is 2. The Morgan fingerprint density at radius 1 is 1.31 bits per heavy atom. The summed E-state index contributed by atoms with van der Waals surface area (Å²) in [6, 6.07) is 6.79. The van der Waals surface area contributed by atoms with Gasteiger partial charge in [-0.25, -0.2) is 4.39 Å². The first kappa shape index (κ1) is 11.6. The Kier molecular flexibility index (Phi) is 3.28. The lowest BCUT2D eigenvalue weighted by Gasteiger charge is -2.07. The molecule has 1 aromatic heterocycles. The van der Waals surface area contributed by atoms with Crippen molar-refractivity contribution < 1.29 is 4.39 Å². The standard InChI is InChI=1S/C12H12FIN2/c1-7(2)11-10(12(14)16-15-11)8-5-3-4-6-9(8)13/h3-7H,1-2H3,(H,15,16). The smallest absolute Gasteiger partial charge is 0.131 e. The zero-order valence-electron chi connectivity index (χ0n) is 9.09. The number of aromatic nitrogens is 2. The van der Waals surface area contributed by atoms with Crippen molar-refractivity contribution in [3.63, 3.8) is 0 Å². The van der Waals surface area contributed by atoms with Gasteiger partial charge in [0.25, 0.3) is 0 Å². The van der Waals surface area contributed by atoms with Gasteiger partial charge in [-0.3, -0.25) is 5.10 Å². The van der Waals surface area contributed by atoms with E-state index in [2.05, 4.69) is 46.6 Å². The van der Waals surface area contributed by atoms with Crippen LogP contribution in [0, 0.1) is 9.52 Å². The molecule has 0 saturated heterocycles. The normalized spacial score (nSPS) is 11.1. The molecule has 2 nitrogen and oxygen atoms in total. The zero-order chi connectivity index (χ0) is 11.7. The molecule has 2 rings (SSSR count). The Labute approximate surface area is 107 Å². The van der Waals surface area contributed by atoms with Gasteiger partial charge in [0.2, 0.25) is 0 Å². The van der Waals surface area contributed by atoms with Crippen LogP contribution in [-0.2, 0) is 0 Å². The maximum atomic E-state index is 13.7. The molecule has 1 N–H and O–H groups in total. The maximum absolute atomic E-state index is 13.7. The molecular weight excluding hydrogens is 318 g/mol. The third-order valence-electron chi connectivity index (χ3n) is 2.47. The van der Waals surface area contributed by atoms with E-state index in [1.54, 1.807) is 12.1 Å². The van der Waals surface area contributed by atoms with E-state index in [4.69, 9.17) is 0 Å². The minimum atomic E-state index is -0.205. The summed E-state index contributed by atoms with van der Waals surface area (Å²) in [4.78, 5) is 0. The molecule has 0 radical (unpaired) electrons.